The molecule has 33 heavy (non-hydrogen) atoms. The Hall–Kier alpha value is -4.02. The summed E-state index contributed by atoms with van der Waals surface area (Å²) in [5.41, 5.74) is -0.00938. The largest absolute Gasteiger partial charge is 0.453 e. The first-order chi connectivity index (χ1) is 15.6. The Balaban J connectivity index is 1.69. The molecule has 0 bridgehead atoms. The minimum atomic E-state index is -1.07. The first kappa shape index (κ1) is 23.6. The molecule has 1 atom stereocenters. The Bertz CT molecular complexity index is 1330. The van der Waals surface area contributed by atoms with Gasteiger partial charge in [-0.1, -0.05) is 6.92 Å². The number of hydrogen-bond acceptors (Lipinski definition) is 7. The molecule has 0 saturated carbocycles. The van der Waals surface area contributed by atoms with E-state index in [-0.39, 0.29) is 23.6 Å². The van der Waals surface area contributed by atoms with E-state index in [1.54, 1.807) is 24.3 Å². The molecule has 174 valence electrons. The maximum absolute atomic E-state index is 12.6. The molecule has 0 radical (unpaired) electrons. The van der Waals surface area contributed by atoms with E-state index in [0.29, 0.717) is 17.7 Å². The van der Waals surface area contributed by atoms with Crippen LogP contribution in [0.4, 0.5) is 5.69 Å². The summed E-state index contributed by atoms with van der Waals surface area (Å²) >= 11 is 0. The van der Waals surface area contributed by atoms with Crippen LogP contribution in [0.5, 0.6) is 0 Å². The number of rotatable bonds is 8. The molecule has 11 nitrogen and oxygen atoms in total. The van der Waals surface area contributed by atoms with Crippen LogP contribution in [-0.2, 0) is 35.0 Å². The second-order valence-electron chi connectivity index (χ2n) is 7.62. The van der Waals surface area contributed by atoms with Gasteiger partial charge in [0.2, 0.25) is 11.7 Å². The number of amides is 1. The second-order valence-corrected chi connectivity index (χ2v) is 7.62. The van der Waals surface area contributed by atoms with Gasteiger partial charge in [0.05, 0.1) is 6.33 Å². The third-order valence-corrected chi connectivity index (χ3v) is 5.12. The molecule has 1 N–H and O–H groups in total. The van der Waals surface area contributed by atoms with Crippen LogP contribution in [0.3, 0.4) is 0 Å². The van der Waals surface area contributed by atoms with Crippen molar-refractivity contribution in [3.8, 4) is 0 Å². The molecule has 2 heterocycles. The zero-order valence-corrected chi connectivity index (χ0v) is 18.8. The summed E-state index contributed by atoms with van der Waals surface area (Å²) in [5, 5.41) is 2.73. The lowest BCUT2D eigenvalue weighted by atomic mass is 10.1. The predicted molar refractivity (Wildman–Crippen MR) is 120 cm³/mol. The van der Waals surface area contributed by atoms with Crippen LogP contribution >= 0.6 is 0 Å². The molecule has 0 aliphatic carbocycles. The van der Waals surface area contributed by atoms with Crippen molar-refractivity contribution in [1.29, 1.82) is 0 Å². The quantitative estimate of drug-likeness (QED) is 0.395. The van der Waals surface area contributed by atoms with Crippen molar-refractivity contribution in [2.45, 2.75) is 39.3 Å². The van der Waals surface area contributed by atoms with E-state index in [9.17, 15) is 24.0 Å². The summed E-state index contributed by atoms with van der Waals surface area (Å²) in [6.45, 7) is 3.00. The SMILES string of the molecule is CCCC(=O)Nc1ccc(C(=O)C(C)OC(=O)Cn2cnc3c2c(=O)n(C)c(=O)n3C)cc1. The Labute approximate surface area is 188 Å². The Morgan fingerprint density at radius 3 is 2.39 bits per heavy atom. The lowest BCUT2D eigenvalue weighted by Gasteiger charge is -2.13. The highest BCUT2D eigenvalue weighted by Gasteiger charge is 2.21. The lowest BCUT2D eigenvalue weighted by Crippen LogP contribution is -2.37. The highest BCUT2D eigenvalue weighted by atomic mass is 16.5. The number of benzene rings is 1. The van der Waals surface area contributed by atoms with Crippen molar-refractivity contribution in [3.63, 3.8) is 0 Å². The standard InChI is InChI=1S/C22H25N5O6/c1-5-6-16(28)24-15-9-7-14(8-10-15)19(30)13(2)33-17(29)11-27-12-23-20-18(27)21(31)26(4)22(32)25(20)3/h7-10,12-13H,5-6,11H2,1-4H3,(H,24,28). The molecular formula is C22H25N5O6. The number of esters is 1. The lowest BCUT2D eigenvalue weighted by molar-refractivity contribution is -0.146. The molecule has 11 heteroatoms. The van der Waals surface area contributed by atoms with E-state index in [0.717, 1.165) is 11.0 Å². The smallest absolute Gasteiger partial charge is 0.332 e. The van der Waals surface area contributed by atoms with Crippen molar-refractivity contribution >= 4 is 34.5 Å². The number of anilines is 1. The average molecular weight is 455 g/mol. The van der Waals surface area contributed by atoms with Gasteiger partial charge in [-0.3, -0.25) is 28.3 Å². The first-order valence-corrected chi connectivity index (χ1v) is 10.4. The van der Waals surface area contributed by atoms with Crippen LogP contribution in [0, 0.1) is 0 Å². The monoisotopic (exact) mass is 455 g/mol. The molecule has 0 saturated heterocycles. The molecule has 1 amide bonds. The van der Waals surface area contributed by atoms with Crippen LogP contribution in [-0.4, -0.2) is 42.4 Å². The van der Waals surface area contributed by atoms with Crippen LogP contribution < -0.4 is 16.6 Å². The number of ether oxygens (including phenoxy) is 1. The van der Waals surface area contributed by atoms with Crippen molar-refractivity contribution in [2.24, 2.45) is 14.1 Å². The number of nitrogens with zero attached hydrogens (tertiary/aromatic N) is 4. The van der Waals surface area contributed by atoms with Gasteiger partial charge < -0.3 is 14.6 Å². The van der Waals surface area contributed by atoms with Gasteiger partial charge in [-0.25, -0.2) is 9.78 Å². The van der Waals surface area contributed by atoms with Gasteiger partial charge in [0.25, 0.3) is 5.56 Å². The molecular weight excluding hydrogens is 430 g/mol. The minimum Gasteiger partial charge on any atom is -0.453 e. The normalized spacial score (nSPS) is 11.9. The molecule has 0 fully saturated rings. The predicted octanol–water partition coefficient (Wildman–Crippen LogP) is 0.987. The highest BCUT2D eigenvalue weighted by molar-refractivity contribution is 6.00. The Morgan fingerprint density at radius 2 is 1.76 bits per heavy atom. The fraction of sp³-hybridized carbons (Fsp3) is 0.364. The number of nitrogens with one attached hydrogen (secondary N) is 1. The Kier molecular flexibility index (Phi) is 6.90. The number of fused-ring (bicyclic) bond motifs is 1. The maximum Gasteiger partial charge on any atom is 0.332 e. The summed E-state index contributed by atoms with van der Waals surface area (Å²) in [4.78, 5) is 65.3. The van der Waals surface area contributed by atoms with E-state index < -0.39 is 29.1 Å². The number of Topliss-reactive ketones (excluding diaryl/α,β-unsaturated/α-hetero) is 1. The molecule has 3 rings (SSSR count). The number of aromatic nitrogens is 4. The fourth-order valence-corrected chi connectivity index (χ4v) is 3.35. The number of aryl methyl sites for hydroxylation is 1. The summed E-state index contributed by atoms with van der Waals surface area (Å²) < 4.78 is 8.67. The number of imidazole rings is 1. The average Bonchev–Trinajstić information content (AvgIpc) is 3.19. The highest BCUT2D eigenvalue weighted by Crippen LogP contribution is 2.14. The minimum absolute atomic E-state index is 0.0799. The molecule has 0 aliphatic rings. The zero-order valence-electron chi connectivity index (χ0n) is 18.8. The van der Waals surface area contributed by atoms with Crippen LogP contribution in [0.2, 0.25) is 0 Å². The molecule has 0 aliphatic heterocycles. The third kappa shape index (κ3) is 4.92. The van der Waals surface area contributed by atoms with Gasteiger partial charge in [-0.05, 0) is 37.6 Å². The number of ketones is 1. The molecule has 1 aromatic carbocycles. The van der Waals surface area contributed by atoms with Gasteiger partial charge in [-0.2, -0.15) is 0 Å². The topological polar surface area (TPSA) is 134 Å². The van der Waals surface area contributed by atoms with E-state index in [1.165, 1.54) is 36.5 Å². The summed E-state index contributed by atoms with van der Waals surface area (Å²) in [6.07, 6.45) is 1.33. The van der Waals surface area contributed by atoms with Gasteiger partial charge in [0, 0.05) is 31.8 Å². The second kappa shape index (κ2) is 9.63. The molecule has 0 spiro atoms. The molecule has 2 aromatic heterocycles. The number of carbonyl (C=O) groups is 3. The third-order valence-electron chi connectivity index (χ3n) is 5.12. The zero-order chi connectivity index (χ0) is 24.3. The first-order valence-electron chi connectivity index (χ1n) is 10.4. The van der Waals surface area contributed by atoms with Gasteiger partial charge >= 0.3 is 11.7 Å². The Morgan fingerprint density at radius 1 is 1.09 bits per heavy atom. The summed E-state index contributed by atoms with van der Waals surface area (Å²) in [5.74, 6) is -1.26. The van der Waals surface area contributed by atoms with Crippen LogP contribution in [0.15, 0.2) is 40.2 Å². The fourth-order valence-electron chi connectivity index (χ4n) is 3.35. The van der Waals surface area contributed by atoms with Crippen LogP contribution in [0.1, 0.15) is 37.0 Å². The van der Waals surface area contributed by atoms with Crippen molar-refractivity contribution in [3.05, 3.63) is 57.0 Å². The van der Waals surface area contributed by atoms with E-state index in [4.69, 9.17) is 4.74 Å². The van der Waals surface area contributed by atoms with E-state index >= 15 is 0 Å². The number of hydrogen-bond donors (Lipinski definition) is 1. The van der Waals surface area contributed by atoms with Gasteiger partial charge in [-0.15, -0.1) is 0 Å². The van der Waals surface area contributed by atoms with Crippen molar-refractivity contribution in [1.82, 2.24) is 18.7 Å². The van der Waals surface area contributed by atoms with E-state index in [2.05, 4.69) is 10.3 Å². The van der Waals surface area contributed by atoms with Gasteiger partial charge in [0.1, 0.15) is 6.54 Å². The van der Waals surface area contributed by atoms with Gasteiger partial charge in [0.15, 0.2) is 17.3 Å². The van der Waals surface area contributed by atoms with Crippen molar-refractivity contribution < 1.29 is 19.1 Å². The van der Waals surface area contributed by atoms with Crippen molar-refractivity contribution in [2.75, 3.05) is 5.32 Å². The summed E-state index contributed by atoms with van der Waals surface area (Å²) in [6, 6.07) is 6.30. The van der Waals surface area contributed by atoms with Crippen LogP contribution in [0.25, 0.3) is 11.2 Å². The summed E-state index contributed by atoms with van der Waals surface area (Å²) in [7, 11) is 2.81. The van der Waals surface area contributed by atoms with E-state index in [1.807, 2.05) is 6.92 Å². The maximum atomic E-state index is 12.6. The molecule has 3 aromatic rings. The number of carbonyl (C=O) groups excluding carboxylic acids is 3. The molecule has 1 unspecified atom stereocenters.